The number of halogens is 1. The van der Waals surface area contributed by atoms with Gasteiger partial charge in [-0.2, -0.15) is 0 Å². The van der Waals surface area contributed by atoms with E-state index >= 15 is 0 Å². The van der Waals surface area contributed by atoms with Crippen molar-refractivity contribution in [3.05, 3.63) is 23.2 Å². The summed E-state index contributed by atoms with van der Waals surface area (Å²) in [6, 6.07) is 5.82. The Balaban J connectivity index is 2.06. The number of rotatable bonds is 7. The summed E-state index contributed by atoms with van der Waals surface area (Å²) in [4.78, 5) is 16.5. The molecule has 0 aliphatic carbocycles. The molecular formula is C17H26ClN3O. The standard InChI is InChI=1S/C17H26ClN3O/c1-3-5-6-7-13(4-2)20-10-11-21(17(20)22)14-8-9-15(18)16(19)12-14/h8-9,12-13H,3-7,10-11,19H2,1-2H3. The Labute approximate surface area is 138 Å². The van der Waals surface area contributed by atoms with E-state index in [0.717, 1.165) is 25.1 Å². The van der Waals surface area contributed by atoms with Gasteiger partial charge in [0.1, 0.15) is 0 Å². The molecule has 0 bridgehead atoms. The second-order valence-electron chi connectivity index (χ2n) is 5.89. The van der Waals surface area contributed by atoms with E-state index < -0.39 is 0 Å². The molecule has 1 saturated heterocycles. The Morgan fingerprint density at radius 3 is 2.68 bits per heavy atom. The lowest BCUT2D eigenvalue weighted by atomic mass is 10.1. The first-order chi connectivity index (χ1) is 10.6. The van der Waals surface area contributed by atoms with E-state index in [1.54, 1.807) is 17.0 Å². The zero-order chi connectivity index (χ0) is 16.1. The predicted molar refractivity (Wildman–Crippen MR) is 93.5 cm³/mol. The SMILES string of the molecule is CCCCCC(CC)N1CCN(c2ccc(Cl)c(N)c2)C1=O. The van der Waals surface area contributed by atoms with Crippen molar-refractivity contribution in [3.63, 3.8) is 0 Å². The Kier molecular flexibility index (Phi) is 5.95. The summed E-state index contributed by atoms with van der Waals surface area (Å²) in [6.07, 6.45) is 5.72. The highest BCUT2D eigenvalue weighted by Crippen LogP contribution is 2.29. The zero-order valence-corrected chi connectivity index (χ0v) is 14.3. The third-order valence-corrected chi connectivity index (χ3v) is 4.73. The third kappa shape index (κ3) is 3.67. The quantitative estimate of drug-likeness (QED) is 0.592. The molecule has 4 nitrogen and oxygen atoms in total. The van der Waals surface area contributed by atoms with Crippen LogP contribution in [0, 0.1) is 0 Å². The number of nitrogens with zero attached hydrogens (tertiary/aromatic N) is 2. The van der Waals surface area contributed by atoms with E-state index in [-0.39, 0.29) is 6.03 Å². The molecule has 1 fully saturated rings. The summed E-state index contributed by atoms with van der Waals surface area (Å²) in [5, 5.41) is 0.526. The molecule has 1 aliphatic rings. The van der Waals surface area contributed by atoms with Crippen LogP contribution < -0.4 is 10.6 Å². The molecule has 0 saturated carbocycles. The molecule has 1 atom stereocenters. The number of anilines is 2. The number of carbonyl (C=O) groups is 1. The number of nitrogen functional groups attached to an aromatic ring is 1. The highest BCUT2D eigenvalue weighted by Gasteiger charge is 2.33. The maximum absolute atomic E-state index is 12.7. The van der Waals surface area contributed by atoms with Crippen molar-refractivity contribution >= 4 is 29.0 Å². The molecule has 2 N–H and O–H groups in total. The van der Waals surface area contributed by atoms with Crippen LogP contribution in [0.3, 0.4) is 0 Å². The lowest BCUT2D eigenvalue weighted by Gasteiger charge is -2.27. The number of nitrogens with two attached hydrogens (primary N) is 1. The molecule has 1 heterocycles. The van der Waals surface area contributed by atoms with Crippen molar-refractivity contribution in [1.82, 2.24) is 4.90 Å². The number of carbonyl (C=O) groups excluding carboxylic acids is 1. The van der Waals surface area contributed by atoms with Gasteiger partial charge < -0.3 is 10.6 Å². The first-order valence-corrected chi connectivity index (χ1v) is 8.59. The molecule has 2 rings (SSSR count). The van der Waals surface area contributed by atoms with E-state index in [4.69, 9.17) is 17.3 Å². The average molecular weight is 324 g/mol. The summed E-state index contributed by atoms with van der Waals surface area (Å²) in [6.45, 7) is 5.86. The van der Waals surface area contributed by atoms with Crippen molar-refractivity contribution in [1.29, 1.82) is 0 Å². The number of hydrogen-bond donors (Lipinski definition) is 1. The van der Waals surface area contributed by atoms with Crippen molar-refractivity contribution in [2.75, 3.05) is 23.7 Å². The lowest BCUT2D eigenvalue weighted by molar-refractivity contribution is 0.193. The smallest absolute Gasteiger partial charge is 0.324 e. The minimum atomic E-state index is 0.0880. The van der Waals surface area contributed by atoms with Gasteiger partial charge in [0.15, 0.2) is 0 Å². The Hall–Kier alpha value is -1.42. The molecule has 1 aliphatic heterocycles. The summed E-state index contributed by atoms with van der Waals surface area (Å²) in [5.41, 5.74) is 7.20. The molecular weight excluding hydrogens is 298 g/mol. The first-order valence-electron chi connectivity index (χ1n) is 8.21. The maximum Gasteiger partial charge on any atom is 0.324 e. The van der Waals surface area contributed by atoms with Crippen LogP contribution in [0.5, 0.6) is 0 Å². The fourth-order valence-corrected chi connectivity index (χ4v) is 3.16. The first kappa shape index (κ1) is 16.9. The zero-order valence-electron chi connectivity index (χ0n) is 13.5. The van der Waals surface area contributed by atoms with Gasteiger partial charge in [-0.1, -0.05) is 44.7 Å². The van der Waals surface area contributed by atoms with Crippen LogP contribution in [0.1, 0.15) is 46.0 Å². The van der Waals surface area contributed by atoms with Crippen LogP contribution in [0.15, 0.2) is 18.2 Å². The van der Waals surface area contributed by atoms with E-state index in [1.807, 2.05) is 11.0 Å². The fraction of sp³-hybridized carbons (Fsp3) is 0.588. The van der Waals surface area contributed by atoms with Gasteiger partial charge >= 0.3 is 6.03 Å². The third-order valence-electron chi connectivity index (χ3n) is 4.39. The second-order valence-corrected chi connectivity index (χ2v) is 6.30. The van der Waals surface area contributed by atoms with E-state index in [2.05, 4.69) is 13.8 Å². The highest BCUT2D eigenvalue weighted by atomic mass is 35.5. The van der Waals surface area contributed by atoms with Gasteiger partial charge in [0.25, 0.3) is 0 Å². The molecule has 1 aromatic carbocycles. The number of amides is 2. The molecule has 2 amide bonds. The topological polar surface area (TPSA) is 49.6 Å². The lowest BCUT2D eigenvalue weighted by Crippen LogP contribution is -2.39. The van der Waals surface area contributed by atoms with Gasteiger partial charge in [-0.25, -0.2) is 4.79 Å². The molecule has 0 spiro atoms. The predicted octanol–water partition coefficient (Wildman–Crippen LogP) is 4.52. The Morgan fingerprint density at radius 1 is 1.27 bits per heavy atom. The molecule has 0 radical (unpaired) electrons. The minimum absolute atomic E-state index is 0.0880. The van der Waals surface area contributed by atoms with E-state index in [9.17, 15) is 4.79 Å². The maximum atomic E-state index is 12.7. The van der Waals surface area contributed by atoms with Crippen LogP contribution in [0.4, 0.5) is 16.2 Å². The molecule has 122 valence electrons. The van der Waals surface area contributed by atoms with E-state index in [0.29, 0.717) is 23.3 Å². The van der Waals surface area contributed by atoms with Crippen LogP contribution in [-0.4, -0.2) is 30.1 Å². The summed E-state index contributed by atoms with van der Waals surface area (Å²) in [5.74, 6) is 0. The number of benzene rings is 1. The van der Waals surface area contributed by atoms with Crippen molar-refractivity contribution in [2.45, 2.75) is 52.0 Å². The number of unbranched alkanes of at least 4 members (excludes halogenated alkanes) is 2. The van der Waals surface area contributed by atoms with Crippen LogP contribution in [-0.2, 0) is 0 Å². The van der Waals surface area contributed by atoms with Gasteiger partial charge in [0.2, 0.25) is 0 Å². The van der Waals surface area contributed by atoms with E-state index in [1.165, 1.54) is 19.3 Å². The Morgan fingerprint density at radius 2 is 2.05 bits per heavy atom. The fourth-order valence-electron chi connectivity index (χ4n) is 3.04. The molecule has 1 aromatic rings. The largest absolute Gasteiger partial charge is 0.397 e. The number of urea groups is 1. The summed E-state index contributed by atoms with van der Waals surface area (Å²) >= 11 is 5.96. The minimum Gasteiger partial charge on any atom is -0.397 e. The number of hydrogen-bond acceptors (Lipinski definition) is 2. The van der Waals surface area contributed by atoms with Gasteiger partial charge in [0.05, 0.1) is 10.7 Å². The normalized spacial score (nSPS) is 16.4. The van der Waals surface area contributed by atoms with Gasteiger partial charge in [-0.3, -0.25) is 4.90 Å². The van der Waals surface area contributed by atoms with Crippen molar-refractivity contribution in [3.8, 4) is 0 Å². The molecule has 0 aromatic heterocycles. The average Bonchev–Trinajstić information content (AvgIpc) is 2.88. The van der Waals surface area contributed by atoms with Crippen molar-refractivity contribution in [2.24, 2.45) is 0 Å². The summed E-state index contributed by atoms with van der Waals surface area (Å²) < 4.78 is 0. The molecule has 1 unspecified atom stereocenters. The summed E-state index contributed by atoms with van der Waals surface area (Å²) in [7, 11) is 0. The van der Waals surface area contributed by atoms with Gasteiger partial charge in [-0.05, 0) is 31.0 Å². The van der Waals surface area contributed by atoms with Gasteiger partial charge in [-0.15, -0.1) is 0 Å². The van der Waals surface area contributed by atoms with Crippen LogP contribution in [0.2, 0.25) is 5.02 Å². The van der Waals surface area contributed by atoms with Crippen molar-refractivity contribution < 1.29 is 4.79 Å². The molecule has 5 heteroatoms. The second kappa shape index (κ2) is 7.73. The van der Waals surface area contributed by atoms with Crippen LogP contribution >= 0.6 is 11.6 Å². The molecule has 22 heavy (non-hydrogen) atoms. The monoisotopic (exact) mass is 323 g/mol. The Bertz CT molecular complexity index is 521. The van der Waals surface area contributed by atoms with Crippen LogP contribution in [0.25, 0.3) is 0 Å². The van der Waals surface area contributed by atoms with Gasteiger partial charge in [0, 0.05) is 24.8 Å². The highest BCUT2D eigenvalue weighted by molar-refractivity contribution is 6.33.